The van der Waals surface area contributed by atoms with E-state index in [1.54, 1.807) is 36.4 Å². The summed E-state index contributed by atoms with van der Waals surface area (Å²) in [6.07, 6.45) is 0. The van der Waals surface area contributed by atoms with Crippen LogP contribution in [0.3, 0.4) is 0 Å². The summed E-state index contributed by atoms with van der Waals surface area (Å²) in [6.45, 7) is 6.24. The zero-order chi connectivity index (χ0) is 31.9. The van der Waals surface area contributed by atoms with Crippen molar-refractivity contribution in [2.75, 3.05) is 60.0 Å². The maximum Gasteiger partial charge on any atom is 0.294 e. The fourth-order valence-corrected chi connectivity index (χ4v) is 5.19. The van der Waals surface area contributed by atoms with Crippen molar-refractivity contribution in [2.24, 2.45) is 10.2 Å². The number of aliphatic hydroxyl groups excluding tert-OH is 2. The minimum atomic E-state index is -4.64. The summed E-state index contributed by atoms with van der Waals surface area (Å²) in [5.74, 6) is 0. The van der Waals surface area contributed by atoms with Crippen LogP contribution in [0.2, 0.25) is 0 Å². The van der Waals surface area contributed by atoms with Gasteiger partial charge < -0.3 is 20.0 Å². The van der Waals surface area contributed by atoms with Gasteiger partial charge in [0.25, 0.3) is 21.0 Å². The van der Waals surface area contributed by atoms with Crippen LogP contribution in [0.4, 0.5) is 22.7 Å². The van der Waals surface area contributed by atoms with Crippen LogP contribution in [0.15, 0.2) is 91.4 Å². The number of benzene rings is 4. The minimum Gasteiger partial charge on any atom is -0.395 e. The van der Waals surface area contributed by atoms with Crippen molar-refractivity contribution in [3.05, 3.63) is 97.9 Å². The van der Waals surface area contributed by atoms with E-state index in [1.807, 2.05) is 35.8 Å². The molecule has 0 atom stereocenters. The van der Waals surface area contributed by atoms with Gasteiger partial charge in [-0.2, -0.15) is 18.6 Å². The highest BCUT2D eigenvalue weighted by molar-refractivity contribution is 7.85. The molecule has 0 aliphatic rings. The molecule has 0 unspecified atom stereocenters. The first kappa shape index (κ1) is 32.3. The number of nitrogens with zero attached hydrogens (tertiary/aromatic N) is 4. The molecule has 44 heavy (non-hydrogen) atoms. The first-order chi connectivity index (χ1) is 21.1. The Hall–Kier alpha value is -4.63. The molecule has 0 aromatic heterocycles. The van der Waals surface area contributed by atoms with Gasteiger partial charge in [0, 0.05) is 48.3 Å². The SMILES string of the molecule is CCN(CCO)c1ccc(N/N=c2\c(=O)c(=O)/c(=N\Nc3ccc(N(CC)CCO)cc3)c3cc(S(=O)(=O)O)ccc23)cc1. The van der Waals surface area contributed by atoms with Gasteiger partial charge in [0.1, 0.15) is 10.7 Å². The predicted octanol–water partition coefficient (Wildman–Crippen LogP) is 1.18. The fourth-order valence-electron chi connectivity index (χ4n) is 4.68. The molecule has 0 saturated heterocycles. The normalized spacial score (nSPS) is 12.5. The van der Waals surface area contributed by atoms with Gasteiger partial charge in [0.15, 0.2) is 0 Å². The van der Waals surface area contributed by atoms with E-state index in [0.717, 1.165) is 23.5 Å². The largest absolute Gasteiger partial charge is 0.395 e. The van der Waals surface area contributed by atoms with Crippen LogP contribution in [0.1, 0.15) is 13.8 Å². The summed E-state index contributed by atoms with van der Waals surface area (Å²) in [5, 5.41) is 26.4. The molecule has 0 bridgehead atoms. The van der Waals surface area contributed by atoms with Gasteiger partial charge in [0.05, 0.1) is 29.5 Å². The van der Waals surface area contributed by atoms with Crippen molar-refractivity contribution in [2.45, 2.75) is 18.7 Å². The Labute approximate surface area is 253 Å². The van der Waals surface area contributed by atoms with Crippen molar-refractivity contribution in [3.8, 4) is 0 Å². The number of anilines is 4. The van der Waals surface area contributed by atoms with Crippen LogP contribution in [0.25, 0.3) is 10.8 Å². The Morgan fingerprint density at radius 2 is 1.11 bits per heavy atom. The highest BCUT2D eigenvalue weighted by atomic mass is 32.2. The fraction of sp³-hybridized carbons (Fsp3) is 0.267. The Morgan fingerprint density at radius 1 is 0.682 bits per heavy atom. The van der Waals surface area contributed by atoms with Gasteiger partial charge in [-0.25, -0.2) is 0 Å². The average molecular weight is 623 g/mol. The highest BCUT2D eigenvalue weighted by Gasteiger charge is 2.16. The van der Waals surface area contributed by atoms with Crippen molar-refractivity contribution < 1.29 is 23.2 Å². The van der Waals surface area contributed by atoms with Crippen LogP contribution in [0.5, 0.6) is 0 Å². The number of hydrogen-bond acceptors (Lipinski definition) is 12. The highest BCUT2D eigenvalue weighted by Crippen LogP contribution is 2.19. The van der Waals surface area contributed by atoms with Gasteiger partial charge in [0.2, 0.25) is 0 Å². The molecule has 4 aromatic rings. The smallest absolute Gasteiger partial charge is 0.294 e. The van der Waals surface area contributed by atoms with Crippen LogP contribution >= 0.6 is 0 Å². The topological polar surface area (TPSA) is 184 Å². The lowest BCUT2D eigenvalue weighted by molar-refractivity contribution is 0.302. The Kier molecular flexibility index (Phi) is 10.4. The maximum atomic E-state index is 13.3. The Bertz CT molecular complexity index is 1940. The number of nitrogens with one attached hydrogen (secondary N) is 2. The molecule has 4 aromatic carbocycles. The summed E-state index contributed by atoms with van der Waals surface area (Å²) in [7, 11) is -4.64. The van der Waals surface area contributed by atoms with E-state index in [-0.39, 0.29) is 34.7 Å². The van der Waals surface area contributed by atoms with E-state index in [1.165, 1.54) is 6.07 Å². The molecule has 4 rings (SSSR count). The van der Waals surface area contributed by atoms with E-state index in [9.17, 15) is 32.8 Å². The number of hydrogen-bond donors (Lipinski definition) is 5. The van der Waals surface area contributed by atoms with Crippen LogP contribution in [0, 0.1) is 0 Å². The standard InChI is InChI=1S/C30H34N6O7S/c1-3-35(15-17-37)22-9-5-20(6-10-22)31-33-27-25-14-13-24(44(41,42)43)19-26(25)28(30(40)29(27)39)34-32-21-7-11-23(12-8-21)36(4-2)16-18-38/h5-14,19,31-32,37-38H,3-4,15-18H2,1-2H3,(H,41,42,43)/b33-27-,34-28-. The molecule has 5 N–H and O–H groups in total. The third-order valence-electron chi connectivity index (χ3n) is 7.00. The second kappa shape index (κ2) is 14.2. The van der Waals surface area contributed by atoms with E-state index >= 15 is 0 Å². The Balaban J connectivity index is 1.77. The zero-order valence-electron chi connectivity index (χ0n) is 24.3. The maximum absolute atomic E-state index is 13.3. The van der Waals surface area contributed by atoms with E-state index < -0.39 is 25.9 Å². The number of fused-ring (bicyclic) bond motifs is 1. The van der Waals surface area contributed by atoms with Crippen molar-refractivity contribution in [3.63, 3.8) is 0 Å². The van der Waals surface area contributed by atoms with Crippen molar-refractivity contribution >= 4 is 43.6 Å². The lowest BCUT2D eigenvalue weighted by atomic mass is 10.1. The summed E-state index contributed by atoms with van der Waals surface area (Å²) in [5.41, 5.74) is 6.28. The summed E-state index contributed by atoms with van der Waals surface area (Å²) in [4.78, 5) is 29.9. The van der Waals surface area contributed by atoms with Crippen LogP contribution in [-0.2, 0) is 10.1 Å². The zero-order valence-corrected chi connectivity index (χ0v) is 25.1. The molecule has 13 nitrogen and oxygen atoms in total. The second-order valence-electron chi connectivity index (χ2n) is 9.69. The van der Waals surface area contributed by atoms with Gasteiger partial charge in [-0.3, -0.25) is 25.0 Å². The molecule has 232 valence electrons. The molecule has 14 heteroatoms. The molecular formula is C30H34N6O7S. The molecule has 0 heterocycles. The van der Waals surface area contributed by atoms with Gasteiger partial charge >= 0.3 is 0 Å². The van der Waals surface area contributed by atoms with Gasteiger partial charge in [-0.15, -0.1) is 0 Å². The third-order valence-corrected chi connectivity index (χ3v) is 7.85. The monoisotopic (exact) mass is 622 g/mol. The lowest BCUT2D eigenvalue weighted by Crippen LogP contribution is -2.48. The van der Waals surface area contributed by atoms with Gasteiger partial charge in [-0.05, 0) is 74.5 Å². The van der Waals surface area contributed by atoms with Crippen molar-refractivity contribution in [1.29, 1.82) is 0 Å². The number of likely N-dealkylation sites (N-methyl/N-ethyl adjacent to an activating group) is 2. The summed E-state index contributed by atoms with van der Waals surface area (Å²) >= 11 is 0. The first-order valence-electron chi connectivity index (χ1n) is 13.9. The number of rotatable bonds is 13. The molecule has 0 amide bonds. The van der Waals surface area contributed by atoms with Crippen LogP contribution in [-0.4, -0.2) is 62.6 Å². The quantitative estimate of drug-likeness (QED) is 0.0819. The second-order valence-corrected chi connectivity index (χ2v) is 11.1. The Morgan fingerprint density at radius 3 is 1.50 bits per heavy atom. The summed E-state index contributed by atoms with van der Waals surface area (Å²) < 4.78 is 33.5. The first-order valence-corrected chi connectivity index (χ1v) is 15.4. The van der Waals surface area contributed by atoms with E-state index in [2.05, 4.69) is 21.1 Å². The van der Waals surface area contributed by atoms with E-state index in [0.29, 0.717) is 37.6 Å². The molecule has 0 aliphatic carbocycles. The van der Waals surface area contributed by atoms with Crippen LogP contribution < -0.4 is 42.2 Å². The summed E-state index contributed by atoms with van der Waals surface area (Å²) in [6, 6.07) is 17.6. The van der Waals surface area contributed by atoms with E-state index in [4.69, 9.17) is 0 Å². The number of aliphatic hydroxyl groups is 2. The molecule has 0 saturated carbocycles. The lowest BCUT2D eigenvalue weighted by Gasteiger charge is -2.22. The third kappa shape index (κ3) is 7.29. The predicted molar refractivity (Wildman–Crippen MR) is 170 cm³/mol. The van der Waals surface area contributed by atoms with Gasteiger partial charge in [-0.1, -0.05) is 6.07 Å². The molecule has 0 fully saturated rings. The average Bonchev–Trinajstić information content (AvgIpc) is 3.02. The molecule has 0 radical (unpaired) electrons. The minimum absolute atomic E-state index is 0.00118. The molecule has 0 spiro atoms. The molecule has 0 aliphatic heterocycles. The molecular weight excluding hydrogens is 588 g/mol. The van der Waals surface area contributed by atoms with Crippen molar-refractivity contribution in [1.82, 2.24) is 0 Å².